The van der Waals surface area contributed by atoms with E-state index in [0.29, 0.717) is 52.6 Å². The first-order chi connectivity index (χ1) is 39.4. The molecule has 1 amide bonds. The van der Waals surface area contributed by atoms with Crippen molar-refractivity contribution in [1.82, 2.24) is 15.3 Å². The Morgan fingerprint density at radius 2 is 1.39 bits per heavy atom. The van der Waals surface area contributed by atoms with Crippen LogP contribution in [-0.4, -0.2) is 60.8 Å². The number of allylic oxidation sites excluding steroid dienone is 5. The molecule has 0 spiro atoms. The number of hydrogen-bond donors (Lipinski definition) is 1. The minimum absolute atomic E-state index is 0. The van der Waals surface area contributed by atoms with Crippen LogP contribution >= 0.6 is 0 Å². The first-order valence-electron chi connectivity index (χ1n) is 30.4. The number of methoxy groups -OCH3 is 1. The zero-order valence-electron chi connectivity index (χ0n) is 52.0. The molecule has 6 unspecified atom stereocenters. The van der Waals surface area contributed by atoms with Gasteiger partial charge in [0.05, 0.1) is 31.2 Å². The van der Waals surface area contributed by atoms with Gasteiger partial charge in [-0.1, -0.05) is 171 Å². The number of hydrogen-bond acceptors (Lipinski definition) is 6. The molecule has 436 valence electrons. The maximum absolute atomic E-state index is 15.1. The number of amides is 1. The maximum atomic E-state index is 15.1. The van der Waals surface area contributed by atoms with Gasteiger partial charge in [0, 0.05) is 29.3 Å². The number of carbonyl (C=O) groups excluding carboxylic acids is 3. The van der Waals surface area contributed by atoms with Crippen molar-refractivity contribution in [1.29, 1.82) is 0 Å². The molecule has 6 atom stereocenters. The molecule has 2 aromatic heterocycles. The second-order valence-electron chi connectivity index (χ2n) is 23.8. The molecule has 12 heteroatoms. The zero-order chi connectivity index (χ0) is 59.0. The fourth-order valence-electron chi connectivity index (χ4n) is 11.8. The Bertz CT molecular complexity index is 3240. The molecule has 3 aliphatic heterocycles. The van der Waals surface area contributed by atoms with E-state index < -0.39 is 5.97 Å². The number of aryl methyl sites for hydroxylation is 1. The van der Waals surface area contributed by atoms with Crippen LogP contribution in [0, 0.1) is 17.8 Å². The number of ether oxygens (including phenoxy) is 2. The van der Waals surface area contributed by atoms with Crippen molar-refractivity contribution in [3.63, 3.8) is 0 Å². The third kappa shape index (κ3) is 17.4. The van der Waals surface area contributed by atoms with Gasteiger partial charge in [-0.05, 0) is 131 Å². The van der Waals surface area contributed by atoms with Crippen molar-refractivity contribution in [2.75, 3.05) is 13.7 Å². The Morgan fingerprint density at radius 1 is 0.759 bits per heavy atom. The molecule has 2 aromatic carbocycles. The van der Waals surface area contributed by atoms with Crippen LogP contribution in [0.25, 0.3) is 33.3 Å². The summed E-state index contributed by atoms with van der Waals surface area (Å²) >= 11 is 0. The van der Waals surface area contributed by atoms with Crippen molar-refractivity contribution in [3.05, 3.63) is 165 Å². The van der Waals surface area contributed by atoms with Gasteiger partial charge in [0.2, 0.25) is 22.8 Å². The molecule has 3 aliphatic rings. The number of fused-ring (bicyclic) bond motifs is 8. The van der Waals surface area contributed by atoms with Gasteiger partial charge < -0.3 is 24.8 Å². The molecule has 0 aliphatic carbocycles. The molecule has 0 saturated heterocycles. The average Bonchev–Trinajstić information content (AvgIpc) is 4.08. The summed E-state index contributed by atoms with van der Waals surface area (Å²) in [6.45, 7) is 28.3. The van der Waals surface area contributed by atoms with Crippen molar-refractivity contribution in [2.24, 2.45) is 22.7 Å². The van der Waals surface area contributed by atoms with Gasteiger partial charge in [-0.25, -0.2) is 9.97 Å². The van der Waals surface area contributed by atoms with E-state index in [1.54, 1.807) is 0 Å². The molecule has 0 radical (unpaired) electrons. The fourth-order valence-corrected chi connectivity index (χ4v) is 11.8. The minimum Gasteiger partial charge on any atom is -0.664 e. The van der Waals surface area contributed by atoms with E-state index in [1.165, 1.54) is 57.6 Å². The van der Waals surface area contributed by atoms with Gasteiger partial charge in [-0.15, -0.1) is 22.4 Å². The summed E-state index contributed by atoms with van der Waals surface area (Å²) in [5.74, 6) is 0.610. The van der Waals surface area contributed by atoms with Crippen LogP contribution in [0.15, 0.2) is 108 Å². The summed E-state index contributed by atoms with van der Waals surface area (Å²) in [6.07, 6.45) is 18.0. The summed E-state index contributed by atoms with van der Waals surface area (Å²) < 4.78 is 11.3. The van der Waals surface area contributed by atoms with Gasteiger partial charge >= 0.3 is 35.0 Å². The van der Waals surface area contributed by atoms with Gasteiger partial charge in [0.1, 0.15) is 12.2 Å². The van der Waals surface area contributed by atoms with Crippen molar-refractivity contribution >= 4 is 80.4 Å². The topological polar surface area (TPSA) is 151 Å². The Labute approximate surface area is 511 Å². The monoisotopic (exact) mass is 1130 g/mol. The molecule has 0 saturated carbocycles. The van der Waals surface area contributed by atoms with Crippen LogP contribution < -0.4 is 25.3 Å². The van der Waals surface area contributed by atoms with Crippen molar-refractivity contribution in [2.45, 2.75) is 184 Å². The molecule has 3 N–H and O–H groups in total. The van der Waals surface area contributed by atoms with Crippen LogP contribution in [0.5, 0.6) is 0 Å². The van der Waals surface area contributed by atoms with Gasteiger partial charge in [-0.3, -0.25) is 19.4 Å². The molecular formula is C71H92MgN6O5+2. The Morgan fingerprint density at radius 3 is 2.02 bits per heavy atom. The predicted molar refractivity (Wildman–Crippen MR) is 339 cm³/mol. The van der Waals surface area contributed by atoms with Gasteiger partial charge in [0.15, 0.2) is 0 Å². The molecule has 4 aromatic rings. The molecule has 0 fully saturated rings. The second-order valence-corrected chi connectivity index (χ2v) is 23.8. The Hall–Kier alpha value is -6.37. The number of esters is 2. The molecule has 5 heterocycles. The quantitative estimate of drug-likeness (QED) is 0.0270. The Kier molecular flexibility index (Phi) is 25.0. The minimum atomic E-state index is -0.494. The number of rotatable bonds is 27. The summed E-state index contributed by atoms with van der Waals surface area (Å²) in [6, 6.07) is 25.7. The third-order valence-corrected chi connectivity index (χ3v) is 17.1. The fraction of sp³-hybridized carbons (Fsp3) is 0.465. The van der Waals surface area contributed by atoms with E-state index in [1.807, 2.05) is 86.8 Å². The zero-order valence-corrected chi connectivity index (χ0v) is 53.4. The van der Waals surface area contributed by atoms with Gasteiger partial charge in [0.25, 0.3) is 5.91 Å². The van der Waals surface area contributed by atoms with E-state index in [2.05, 4.69) is 108 Å². The maximum Gasteiger partial charge on any atom is 2.00 e. The largest absolute Gasteiger partial charge is 2.00 e. The summed E-state index contributed by atoms with van der Waals surface area (Å²) in [4.78, 5) is 66.0. The van der Waals surface area contributed by atoms with Crippen molar-refractivity contribution < 1.29 is 33.8 Å². The normalized spacial score (nSPS) is 16.3. The number of aromatic amines is 2. The van der Waals surface area contributed by atoms with E-state index in [-0.39, 0.29) is 78.3 Å². The second kappa shape index (κ2) is 31.5. The average molecular weight is 1130 g/mol. The standard InChI is InChI=1S/C71H91N6O5.Mg/c1-14-55-48(8)60-40-61-49(9)57(35-36-66(78)82-38-37-47(7)30-24-29-46(6)28-23-27-45(5)26-22-25-44(3)4)69(76-61)58(39-67(79)81-13)70-68(71(80)73-52(12)54-33-20-17-21-34-54)50(10)62(77-70)41-64-56(15-2)59(65(75-64)42-63(55)74-60)43-72-51(11)53-31-18-16-19-32-53;/h14,16-21,31-34,37,40-46,49,51-52,57H,1,15,22-30,35-36,38-39H2,2-13H3,(H2-,72,73,74,75,76,77,80);/q-1;+2/p+1. The van der Waals surface area contributed by atoms with Crippen LogP contribution in [-0.2, 0) is 36.7 Å². The number of nitrogens with zero attached hydrogens (tertiary/aromatic N) is 3. The number of aliphatic imine (C=N–C) groups is 1. The number of H-pyrrole nitrogens is 2. The molecule has 7 rings (SSSR count). The predicted octanol–water partition coefficient (Wildman–Crippen LogP) is 14.7. The molecular weight excluding hydrogens is 1040 g/mol. The van der Waals surface area contributed by atoms with Crippen LogP contribution in [0.2, 0.25) is 0 Å². The van der Waals surface area contributed by atoms with E-state index in [4.69, 9.17) is 24.4 Å². The molecule has 8 bridgehead atoms. The SMILES string of the molecule is C=CC1=C(C)c2cc3[n-]c(c(CC(=O)OC)c4[nH+]c(cc5[n-]c(cc1[nH+]2)c(C=NC(C)c1ccccc1)c5CC)C(C)=C4C(=O)NC(C)c1ccccc1)C(CCC(=O)OCC=C(C)CCCC(C)CCCC(C)CCCC(C)C)C3C.[Mg+2]. The number of nitrogens with one attached hydrogen (secondary N) is 3. The summed E-state index contributed by atoms with van der Waals surface area (Å²) in [7, 11) is 1.37. The summed E-state index contributed by atoms with van der Waals surface area (Å²) in [5, 5.41) is 3.28. The number of carbonyl (C=O) groups is 3. The smallest absolute Gasteiger partial charge is 0.664 e. The molecule has 11 nitrogen and oxygen atoms in total. The van der Waals surface area contributed by atoms with E-state index in [0.717, 1.165) is 86.2 Å². The van der Waals surface area contributed by atoms with Crippen LogP contribution in [0.4, 0.5) is 0 Å². The van der Waals surface area contributed by atoms with Crippen LogP contribution in [0.1, 0.15) is 233 Å². The van der Waals surface area contributed by atoms with E-state index in [9.17, 15) is 9.59 Å². The van der Waals surface area contributed by atoms with E-state index >= 15 is 4.79 Å². The van der Waals surface area contributed by atoms with Crippen molar-refractivity contribution in [3.8, 4) is 0 Å². The number of aromatic nitrogens is 4. The Balaban J connectivity index is 0.0000111. The van der Waals surface area contributed by atoms with Gasteiger partial charge in [-0.2, -0.15) is 0 Å². The number of benzene rings is 2. The third-order valence-electron chi connectivity index (χ3n) is 17.1. The first kappa shape index (κ1) is 65.8. The molecule has 83 heavy (non-hydrogen) atoms. The van der Waals surface area contributed by atoms with Crippen LogP contribution in [0.3, 0.4) is 0 Å². The first-order valence-corrected chi connectivity index (χ1v) is 30.4. The summed E-state index contributed by atoms with van der Waals surface area (Å²) in [5.41, 5.74) is 14.3.